The molecule has 0 radical (unpaired) electrons. The summed E-state index contributed by atoms with van der Waals surface area (Å²) in [5.74, 6) is 0.582. The van der Waals surface area contributed by atoms with Gasteiger partial charge in [-0.05, 0) is 53.6 Å². The molecule has 0 unspecified atom stereocenters. The van der Waals surface area contributed by atoms with Crippen molar-refractivity contribution in [2.24, 2.45) is 0 Å². The molecule has 7 heteroatoms. The molecule has 30 heavy (non-hydrogen) atoms. The summed E-state index contributed by atoms with van der Waals surface area (Å²) in [6, 6.07) is 20.6. The van der Waals surface area contributed by atoms with Gasteiger partial charge in [-0.3, -0.25) is 4.79 Å². The van der Waals surface area contributed by atoms with Crippen LogP contribution in [0.4, 0.5) is 0 Å². The van der Waals surface area contributed by atoms with E-state index in [4.69, 9.17) is 27.9 Å². The highest BCUT2D eigenvalue weighted by atomic mass is 35.5. The summed E-state index contributed by atoms with van der Waals surface area (Å²) >= 11 is 13.7. The van der Waals surface area contributed by atoms with Crippen LogP contribution < -0.4 is 14.8 Å². The van der Waals surface area contributed by atoms with E-state index < -0.39 is 0 Å². The summed E-state index contributed by atoms with van der Waals surface area (Å²) in [4.78, 5) is 18.1. The average Bonchev–Trinajstić information content (AvgIpc) is 3.25. The van der Waals surface area contributed by atoms with Crippen molar-refractivity contribution in [1.82, 2.24) is 9.38 Å². The van der Waals surface area contributed by atoms with Crippen molar-refractivity contribution in [3.8, 4) is 5.75 Å². The van der Waals surface area contributed by atoms with Crippen molar-refractivity contribution >= 4 is 56.6 Å². The maximum absolute atomic E-state index is 12.9. The molecule has 5 rings (SSSR count). The summed E-state index contributed by atoms with van der Waals surface area (Å²) in [6.07, 6.45) is 1.82. The largest absolute Gasteiger partial charge is 0.487 e. The Morgan fingerprint density at radius 3 is 2.63 bits per heavy atom. The van der Waals surface area contributed by atoms with E-state index in [1.54, 1.807) is 10.5 Å². The fourth-order valence-corrected chi connectivity index (χ4v) is 4.59. The van der Waals surface area contributed by atoms with Crippen molar-refractivity contribution in [3.63, 3.8) is 0 Å². The second kappa shape index (κ2) is 7.76. The Morgan fingerprint density at radius 2 is 1.83 bits per heavy atom. The van der Waals surface area contributed by atoms with Crippen LogP contribution in [0.5, 0.6) is 5.75 Å². The molecule has 0 aliphatic rings. The second-order valence-corrected chi connectivity index (χ2v) is 8.59. The number of rotatable bonds is 4. The van der Waals surface area contributed by atoms with Gasteiger partial charge in [0.05, 0.1) is 20.6 Å². The van der Waals surface area contributed by atoms with Gasteiger partial charge in [-0.25, -0.2) is 9.38 Å². The number of imidazole rings is 1. The Balaban J connectivity index is 1.44. The Bertz CT molecular complexity index is 1490. The van der Waals surface area contributed by atoms with E-state index in [2.05, 4.69) is 4.98 Å². The molecule has 0 N–H and O–H groups in total. The van der Waals surface area contributed by atoms with Crippen LogP contribution in [0.15, 0.2) is 71.5 Å². The maximum atomic E-state index is 12.9. The van der Waals surface area contributed by atoms with Crippen LogP contribution in [-0.4, -0.2) is 9.38 Å². The van der Waals surface area contributed by atoms with Gasteiger partial charge < -0.3 is 4.74 Å². The average molecular weight is 453 g/mol. The van der Waals surface area contributed by atoms with Crippen LogP contribution in [0.3, 0.4) is 0 Å². The predicted molar refractivity (Wildman–Crippen MR) is 123 cm³/mol. The fraction of sp³-hybridized carbons (Fsp3) is 0.0435. The van der Waals surface area contributed by atoms with E-state index in [1.807, 2.05) is 66.7 Å². The third-order valence-corrected chi connectivity index (χ3v) is 6.22. The number of halogens is 2. The molecule has 3 aromatic carbocycles. The molecule has 2 heterocycles. The highest BCUT2D eigenvalue weighted by molar-refractivity contribution is 7.15. The third-order valence-electron chi connectivity index (χ3n) is 4.71. The molecule has 0 atom stereocenters. The first-order valence-corrected chi connectivity index (χ1v) is 10.7. The lowest BCUT2D eigenvalue weighted by atomic mass is 10.2. The van der Waals surface area contributed by atoms with Gasteiger partial charge in [-0.15, -0.1) is 0 Å². The Labute approximate surface area is 185 Å². The molecule has 2 aromatic heterocycles. The van der Waals surface area contributed by atoms with Crippen molar-refractivity contribution in [2.45, 2.75) is 6.61 Å². The number of para-hydroxylation sites is 2. The normalized spacial score (nSPS) is 12.1. The zero-order valence-corrected chi connectivity index (χ0v) is 17.8. The van der Waals surface area contributed by atoms with E-state index in [0.717, 1.165) is 22.2 Å². The summed E-state index contributed by atoms with van der Waals surface area (Å²) in [5, 5.41) is 1.17. The van der Waals surface area contributed by atoms with Crippen LogP contribution in [0, 0.1) is 0 Å². The number of hydrogen-bond acceptors (Lipinski definition) is 4. The predicted octanol–water partition coefficient (Wildman–Crippen LogP) is 5.34. The minimum atomic E-state index is -0.0807. The number of benzene rings is 3. The SMILES string of the molecule is O=c1c(=Cc2ccc(OCc3ccc(Cl)cc3)c(Cl)c2)sc2nc3ccccc3n12. The van der Waals surface area contributed by atoms with Gasteiger partial charge in [-0.1, -0.05) is 64.9 Å². The lowest BCUT2D eigenvalue weighted by Crippen LogP contribution is -2.22. The number of fused-ring (bicyclic) bond motifs is 3. The van der Waals surface area contributed by atoms with E-state index in [9.17, 15) is 4.79 Å². The van der Waals surface area contributed by atoms with E-state index in [1.165, 1.54) is 11.3 Å². The van der Waals surface area contributed by atoms with Crippen LogP contribution in [0.2, 0.25) is 10.0 Å². The Hall–Kier alpha value is -2.86. The summed E-state index contributed by atoms with van der Waals surface area (Å²) in [7, 11) is 0. The molecule has 4 nitrogen and oxygen atoms in total. The monoisotopic (exact) mass is 452 g/mol. The van der Waals surface area contributed by atoms with Gasteiger partial charge >= 0.3 is 0 Å². The number of aromatic nitrogens is 2. The molecule has 5 aromatic rings. The van der Waals surface area contributed by atoms with Gasteiger partial charge in [0.1, 0.15) is 12.4 Å². The van der Waals surface area contributed by atoms with Gasteiger partial charge in [-0.2, -0.15) is 0 Å². The zero-order chi connectivity index (χ0) is 20.7. The Morgan fingerprint density at radius 1 is 1.03 bits per heavy atom. The van der Waals surface area contributed by atoms with Gasteiger partial charge in [0.2, 0.25) is 0 Å². The molecule has 0 fully saturated rings. The first kappa shape index (κ1) is 19.1. The molecule has 0 bridgehead atoms. The quantitative estimate of drug-likeness (QED) is 0.369. The minimum Gasteiger partial charge on any atom is -0.487 e. The van der Waals surface area contributed by atoms with Crippen LogP contribution >= 0.6 is 34.5 Å². The topological polar surface area (TPSA) is 43.6 Å². The maximum Gasteiger partial charge on any atom is 0.274 e. The third kappa shape index (κ3) is 3.56. The van der Waals surface area contributed by atoms with Crippen molar-refractivity contribution in [3.05, 3.63) is 103 Å². The van der Waals surface area contributed by atoms with E-state index in [-0.39, 0.29) is 5.56 Å². The number of hydrogen-bond donors (Lipinski definition) is 0. The van der Waals surface area contributed by atoms with Crippen LogP contribution in [0.1, 0.15) is 11.1 Å². The minimum absolute atomic E-state index is 0.0807. The van der Waals surface area contributed by atoms with Gasteiger partial charge in [0, 0.05) is 5.02 Å². The molecular weight excluding hydrogens is 439 g/mol. The molecule has 0 aliphatic heterocycles. The highest BCUT2D eigenvalue weighted by Crippen LogP contribution is 2.27. The first-order valence-electron chi connectivity index (χ1n) is 9.17. The smallest absolute Gasteiger partial charge is 0.274 e. The molecule has 0 amide bonds. The van der Waals surface area contributed by atoms with Crippen LogP contribution in [0.25, 0.3) is 22.1 Å². The standard InChI is InChI=1S/C23H14Cl2N2O2S/c24-16-8-5-14(6-9-16)13-29-20-10-7-15(11-17(20)25)12-21-22(28)27-19-4-2-1-3-18(19)26-23(27)30-21/h1-12H,13H2. The molecule has 0 aliphatic carbocycles. The fourth-order valence-electron chi connectivity index (χ4n) is 3.23. The van der Waals surface area contributed by atoms with Gasteiger partial charge in [0.15, 0.2) is 4.96 Å². The van der Waals surface area contributed by atoms with Crippen molar-refractivity contribution in [1.29, 1.82) is 0 Å². The van der Waals surface area contributed by atoms with Crippen LogP contribution in [-0.2, 0) is 6.61 Å². The summed E-state index contributed by atoms with van der Waals surface area (Å²) < 4.78 is 8.07. The lowest BCUT2D eigenvalue weighted by molar-refractivity contribution is 0.306. The number of ether oxygens (including phenoxy) is 1. The number of thiazole rings is 1. The van der Waals surface area contributed by atoms with Crippen molar-refractivity contribution in [2.75, 3.05) is 0 Å². The van der Waals surface area contributed by atoms with Crippen molar-refractivity contribution < 1.29 is 4.74 Å². The molecule has 148 valence electrons. The first-order chi connectivity index (χ1) is 14.6. The zero-order valence-electron chi connectivity index (χ0n) is 15.5. The van der Waals surface area contributed by atoms with E-state index in [0.29, 0.717) is 31.9 Å². The molecule has 0 saturated heterocycles. The summed E-state index contributed by atoms with van der Waals surface area (Å²) in [6.45, 7) is 0.389. The molecule has 0 saturated carbocycles. The second-order valence-electron chi connectivity index (χ2n) is 6.74. The Kier molecular flexibility index (Phi) is 4.95. The highest BCUT2D eigenvalue weighted by Gasteiger charge is 2.11. The lowest BCUT2D eigenvalue weighted by Gasteiger charge is -2.08. The molecule has 0 spiro atoms. The molecular formula is C23H14Cl2N2O2S. The number of nitrogens with zero attached hydrogens (tertiary/aromatic N) is 2. The van der Waals surface area contributed by atoms with E-state index >= 15 is 0 Å². The van der Waals surface area contributed by atoms with Gasteiger partial charge in [0.25, 0.3) is 5.56 Å². The summed E-state index contributed by atoms with van der Waals surface area (Å²) in [5.41, 5.74) is 3.37.